The Morgan fingerprint density at radius 2 is 1.77 bits per heavy atom. The molecule has 0 spiro atoms. The van der Waals surface area contributed by atoms with Crippen molar-refractivity contribution in [2.24, 2.45) is 0 Å². The van der Waals surface area contributed by atoms with E-state index >= 15 is 0 Å². The molecule has 0 aliphatic rings. The number of hydrogen-bond donors (Lipinski definition) is 0. The predicted molar refractivity (Wildman–Crippen MR) is 93.0 cm³/mol. The average molecular weight is 372 g/mol. The lowest BCUT2D eigenvalue weighted by atomic mass is 10.2. The quantitative estimate of drug-likeness (QED) is 0.613. The molecule has 0 saturated heterocycles. The molecule has 0 radical (unpaired) electrons. The van der Waals surface area contributed by atoms with Gasteiger partial charge < -0.3 is 9.26 Å². The van der Waals surface area contributed by atoms with E-state index in [1.807, 2.05) is 30.3 Å². The summed E-state index contributed by atoms with van der Waals surface area (Å²) in [6.07, 6.45) is 0. The van der Waals surface area contributed by atoms with E-state index in [1.54, 1.807) is 12.1 Å². The van der Waals surface area contributed by atoms with Gasteiger partial charge in [0.1, 0.15) is 0 Å². The number of nitrogens with zero attached hydrogens (tertiary/aromatic N) is 2. The molecule has 2 aromatic carbocycles. The molecule has 0 aliphatic heterocycles. The van der Waals surface area contributed by atoms with Crippen LogP contribution in [0.5, 0.6) is 0 Å². The summed E-state index contributed by atoms with van der Waals surface area (Å²) < 4.78 is 34.4. The van der Waals surface area contributed by atoms with Crippen LogP contribution in [0.3, 0.4) is 0 Å². The fourth-order valence-corrected chi connectivity index (χ4v) is 3.37. The Morgan fingerprint density at radius 1 is 1.08 bits per heavy atom. The standard InChI is InChI=1S/C18H16N2O5S/c1-2-26(22,23)15-11-7-6-10-14(15)18(21)24-12-16-19-17(20-25-16)13-8-4-3-5-9-13/h3-11H,2,12H2,1H3. The van der Waals surface area contributed by atoms with Crippen LogP contribution in [0.1, 0.15) is 23.2 Å². The van der Waals surface area contributed by atoms with Crippen molar-refractivity contribution in [1.82, 2.24) is 10.1 Å². The number of hydrogen-bond acceptors (Lipinski definition) is 7. The summed E-state index contributed by atoms with van der Waals surface area (Å²) >= 11 is 0. The molecule has 0 amide bonds. The van der Waals surface area contributed by atoms with E-state index in [4.69, 9.17) is 9.26 Å². The molecule has 1 aromatic heterocycles. The normalized spacial score (nSPS) is 11.3. The van der Waals surface area contributed by atoms with Crippen molar-refractivity contribution in [3.05, 3.63) is 66.1 Å². The van der Waals surface area contributed by atoms with E-state index < -0.39 is 15.8 Å². The van der Waals surface area contributed by atoms with E-state index in [-0.39, 0.29) is 28.7 Å². The van der Waals surface area contributed by atoms with Crippen LogP contribution in [-0.2, 0) is 21.2 Å². The van der Waals surface area contributed by atoms with Gasteiger partial charge in [-0.1, -0.05) is 54.5 Å². The molecule has 0 N–H and O–H groups in total. The second kappa shape index (κ2) is 7.49. The van der Waals surface area contributed by atoms with Gasteiger partial charge in [0.25, 0.3) is 5.89 Å². The minimum Gasteiger partial charge on any atom is -0.452 e. The zero-order valence-corrected chi connectivity index (χ0v) is 14.8. The molecule has 0 saturated carbocycles. The van der Waals surface area contributed by atoms with Crippen LogP contribution >= 0.6 is 0 Å². The number of ether oxygens (including phenoxy) is 1. The topological polar surface area (TPSA) is 99.4 Å². The summed E-state index contributed by atoms with van der Waals surface area (Å²) in [5, 5.41) is 3.83. The lowest BCUT2D eigenvalue weighted by molar-refractivity contribution is 0.0425. The molecule has 0 bridgehead atoms. The Kier molecular flexibility index (Phi) is 5.13. The summed E-state index contributed by atoms with van der Waals surface area (Å²) in [5.74, 6) is -0.378. The van der Waals surface area contributed by atoms with Gasteiger partial charge in [0.2, 0.25) is 5.82 Å². The van der Waals surface area contributed by atoms with Gasteiger partial charge in [-0.05, 0) is 12.1 Å². The third-order valence-electron chi connectivity index (χ3n) is 3.65. The maximum absolute atomic E-state index is 12.3. The molecule has 3 aromatic rings. The van der Waals surface area contributed by atoms with Gasteiger partial charge >= 0.3 is 5.97 Å². The smallest absolute Gasteiger partial charge is 0.339 e. The second-order valence-electron chi connectivity index (χ2n) is 5.35. The first-order chi connectivity index (χ1) is 12.5. The third kappa shape index (κ3) is 3.80. The van der Waals surface area contributed by atoms with Crippen LogP contribution < -0.4 is 0 Å². The van der Waals surface area contributed by atoms with Gasteiger partial charge in [-0.25, -0.2) is 13.2 Å². The van der Waals surface area contributed by atoms with Crippen molar-refractivity contribution < 1.29 is 22.5 Å². The molecule has 134 valence electrons. The van der Waals surface area contributed by atoms with Gasteiger partial charge in [0.05, 0.1) is 16.2 Å². The molecule has 8 heteroatoms. The van der Waals surface area contributed by atoms with Gasteiger partial charge in [-0.2, -0.15) is 4.98 Å². The molecular formula is C18H16N2O5S. The number of rotatable bonds is 6. The molecule has 0 unspecified atom stereocenters. The number of esters is 1. The highest BCUT2D eigenvalue weighted by Gasteiger charge is 2.22. The number of carbonyl (C=O) groups is 1. The van der Waals surface area contributed by atoms with E-state index in [2.05, 4.69) is 10.1 Å². The van der Waals surface area contributed by atoms with Crippen molar-refractivity contribution in [3.63, 3.8) is 0 Å². The predicted octanol–water partition coefficient (Wildman–Crippen LogP) is 2.89. The molecule has 0 aliphatic carbocycles. The van der Waals surface area contributed by atoms with Crippen LogP contribution in [0, 0.1) is 0 Å². The summed E-state index contributed by atoms with van der Waals surface area (Å²) in [6.45, 7) is 1.26. The Balaban J connectivity index is 1.74. The molecule has 1 heterocycles. The highest BCUT2D eigenvalue weighted by molar-refractivity contribution is 7.91. The zero-order valence-electron chi connectivity index (χ0n) is 14.0. The Hall–Kier alpha value is -3.00. The fraction of sp³-hybridized carbons (Fsp3) is 0.167. The first-order valence-corrected chi connectivity index (χ1v) is 9.53. The first-order valence-electron chi connectivity index (χ1n) is 7.88. The summed E-state index contributed by atoms with van der Waals surface area (Å²) in [4.78, 5) is 16.4. The largest absolute Gasteiger partial charge is 0.452 e. The average Bonchev–Trinajstić information content (AvgIpc) is 3.16. The number of aromatic nitrogens is 2. The fourth-order valence-electron chi connectivity index (χ4n) is 2.28. The minimum absolute atomic E-state index is 0.0165. The van der Waals surface area contributed by atoms with Crippen LogP contribution in [0.2, 0.25) is 0 Å². The van der Waals surface area contributed by atoms with Gasteiger partial charge in [-0.3, -0.25) is 0 Å². The van der Waals surface area contributed by atoms with Crippen molar-refractivity contribution in [1.29, 1.82) is 0 Å². The Labute approximate surface area is 150 Å². The lowest BCUT2D eigenvalue weighted by Gasteiger charge is -2.08. The van der Waals surface area contributed by atoms with Crippen molar-refractivity contribution in [2.75, 3.05) is 5.75 Å². The molecule has 26 heavy (non-hydrogen) atoms. The summed E-state index contributed by atoms with van der Waals surface area (Å²) in [5.41, 5.74) is 0.755. The molecule has 3 rings (SSSR count). The van der Waals surface area contributed by atoms with Crippen LogP contribution in [0.15, 0.2) is 64.0 Å². The van der Waals surface area contributed by atoms with E-state index in [0.29, 0.717) is 5.82 Å². The highest BCUT2D eigenvalue weighted by Crippen LogP contribution is 2.19. The SMILES string of the molecule is CCS(=O)(=O)c1ccccc1C(=O)OCc1nc(-c2ccccc2)no1. The van der Waals surface area contributed by atoms with Gasteiger partial charge in [0, 0.05) is 5.56 Å². The van der Waals surface area contributed by atoms with E-state index in [9.17, 15) is 13.2 Å². The Morgan fingerprint density at radius 3 is 2.50 bits per heavy atom. The van der Waals surface area contributed by atoms with E-state index in [1.165, 1.54) is 19.1 Å². The second-order valence-corrected chi connectivity index (χ2v) is 7.60. The monoisotopic (exact) mass is 372 g/mol. The maximum atomic E-state index is 12.3. The van der Waals surface area contributed by atoms with Crippen LogP contribution in [0.25, 0.3) is 11.4 Å². The summed E-state index contributed by atoms with van der Waals surface area (Å²) in [7, 11) is -3.54. The molecule has 0 atom stereocenters. The third-order valence-corrected chi connectivity index (χ3v) is 5.44. The van der Waals surface area contributed by atoms with Crippen molar-refractivity contribution in [3.8, 4) is 11.4 Å². The number of benzene rings is 2. The van der Waals surface area contributed by atoms with E-state index in [0.717, 1.165) is 5.56 Å². The number of carbonyl (C=O) groups excluding carboxylic acids is 1. The molecular weight excluding hydrogens is 356 g/mol. The number of sulfone groups is 1. The van der Waals surface area contributed by atoms with Crippen molar-refractivity contribution in [2.45, 2.75) is 18.4 Å². The first kappa shape index (κ1) is 17.8. The van der Waals surface area contributed by atoms with Crippen LogP contribution in [0.4, 0.5) is 0 Å². The Bertz CT molecular complexity index is 1010. The molecule has 0 fully saturated rings. The van der Waals surface area contributed by atoms with Gasteiger partial charge in [-0.15, -0.1) is 0 Å². The highest BCUT2D eigenvalue weighted by atomic mass is 32.2. The summed E-state index contributed by atoms with van der Waals surface area (Å²) in [6, 6.07) is 15.1. The molecule has 7 nitrogen and oxygen atoms in total. The minimum atomic E-state index is -3.54. The lowest BCUT2D eigenvalue weighted by Crippen LogP contribution is -2.13. The maximum Gasteiger partial charge on any atom is 0.339 e. The van der Waals surface area contributed by atoms with Gasteiger partial charge in [0.15, 0.2) is 16.4 Å². The van der Waals surface area contributed by atoms with Crippen LogP contribution in [-0.4, -0.2) is 30.3 Å². The van der Waals surface area contributed by atoms with Crippen molar-refractivity contribution >= 4 is 15.8 Å². The zero-order chi connectivity index (χ0) is 18.6.